The van der Waals surface area contributed by atoms with Crippen molar-refractivity contribution in [1.29, 1.82) is 0 Å². The highest BCUT2D eigenvalue weighted by Gasteiger charge is 2.57. The van der Waals surface area contributed by atoms with Gasteiger partial charge in [-0.1, -0.05) is 12.1 Å². The minimum atomic E-state index is -4.56. The molecule has 7 rings (SSSR count). The first kappa shape index (κ1) is 27.6. The van der Waals surface area contributed by atoms with Crippen LogP contribution in [-0.4, -0.2) is 36.7 Å². The van der Waals surface area contributed by atoms with Crippen molar-refractivity contribution in [2.45, 2.75) is 49.2 Å². The summed E-state index contributed by atoms with van der Waals surface area (Å²) < 4.78 is 46.4. The van der Waals surface area contributed by atoms with Crippen molar-refractivity contribution in [3.63, 3.8) is 0 Å². The van der Waals surface area contributed by atoms with Gasteiger partial charge in [0.1, 0.15) is 28.7 Å². The number of fused-ring (bicyclic) bond motifs is 3. The molecule has 44 heavy (non-hydrogen) atoms. The van der Waals surface area contributed by atoms with Crippen LogP contribution in [0.25, 0.3) is 16.8 Å². The van der Waals surface area contributed by atoms with Crippen molar-refractivity contribution >= 4 is 29.0 Å². The first-order valence-electron chi connectivity index (χ1n) is 14.0. The van der Waals surface area contributed by atoms with Crippen LogP contribution in [0.4, 0.5) is 24.8 Å². The molecule has 2 amide bonds. The second kappa shape index (κ2) is 9.93. The lowest BCUT2D eigenvalue weighted by atomic mass is 9.83. The Morgan fingerprint density at radius 2 is 1.75 bits per heavy atom. The fourth-order valence-electron chi connectivity index (χ4n) is 6.67. The third-order valence-corrected chi connectivity index (χ3v) is 8.77. The van der Waals surface area contributed by atoms with Crippen LogP contribution in [0.3, 0.4) is 0 Å². The van der Waals surface area contributed by atoms with Crippen molar-refractivity contribution in [3.8, 4) is 11.3 Å². The lowest BCUT2D eigenvalue weighted by molar-refractivity contribution is -0.137. The Hall–Kier alpha value is -5.20. The zero-order chi connectivity index (χ0) is 30.7. The molecule has 10 nitrogen and oxygen atoms in total. The van der Waals surface area contributed by atoms with Gasteiger partial charge in [-0.25, -0.2) is 15.0 Å². The lowest BCUT2D eigenvalue weighted by Gasteiger charge is -2.28. The quantitative estimate of drug-likeness (QED) is 0.229. The number of benzene rings is 1. The number of carbonyl (C=O) groups excluding carboxylic acids is 2. The topological polar surface area (TPSA) is 140 Å². The Labute approximate surface area is 248 Å². The maximum absolute atomic E-state index is 13.1. The number of nitrogens with zero attached hydrogens (tertiary/aromatic N) is 4. The number of hydrogen-bond acceptors (Lipinski definition) is 7. The Bertz CT molecular complexity index is 1890. The largest absolute Gasteiger partial charge is 0.459 e. The number of amides is 2. The number of nitrogens with one attached hydrogen (secondary N) is 2. The lowest BCUT2D eigenvalue weighted by Crippen LogP contribution is -2.44. The summed E-state index contributed by atoms with van der Waals surface area (Å²) in [5.41, 5.74) is 6.94. The van der Waals surface area contributed by atoms with Gasteiger partial charge >= 0.3 is 6.18 Å². The maximum atomic E-state index is 13.1. The zero-order valence-electron chi connectivity index (χ0n) is 23.2. The molecule has 2 saturated carbocycles. The van der Waals surface area contributed by atoms with E-state index in [1.807, 2.05) is 10.6 Å². The fraction of sp³-hybridized carbons (Fsp3) is 0.258. The second-order valence-electron chi connectivity index (χ2n) is 11.4. The Kier molecular flexibility index (Phi) is 6.23. The molecule has 0 saturated heterocycles. The van der Waals surface area contributed by atoms with E-state index in [-0.39, 0.29) is 34.0 Å². The van der Waals surface area contributed by atoms with E-state index in [1.54, 1.807) is 42.6 Å². The highest BCUT2D eigenvalue weighted by Crippen LogP contribution is 2.57. The molecule has 2 aliphatic carbocycles. The number of anilines is 2. The average Bonchev–Trinajstić information content (AvgIpc) is 3.80. The molecule has 4 N–H and O–H groups in total. The van der Waals surface area contributed by atoms with E-state index in [1.165, 1.54) is 6.26 Å². The summed E-state index contributed by atoms with van der Waals surface area (Å²) in [5.74, 6) is 0.358. The van der Waals surface area contributed by atoms with E-state index in [2.05, 4.69) is 20.6 Å². The minimum absolute atomic E-state index is 0.207. The van der Waals surface area contributed by atoms with Gasteiger partial charge in [-0.15, -0.1) is 0 Å². The Morgan fingerprint density at radius 3 is 2.45 bits per heavy atom. The van der Waals surface area contributed by atoms with Gasteiger partial charge in [-0.2, -0.15) is 13.2 Å². The maximum Gasteiger partial charge on any atom is 0.416 e. The normalized spacial score (nSPS) is 21.1. The second-order valence-corrected chi connectivity index (χ2v) is 11.4. The van der Waals surface area contributed by atoms with E-state index >= 15 is 0 Å². The van der Waals surface area contributed by atoms with Crippen LogP contribution in [0, 0.1) is 0 Å². The van der Waals surface area contributed by atoms with Crippen LogP contribution in [-0.2, 0) is 11.6 Å². The number of imidazole rings is 1. The van der Waals surface area contributed by atoms with Gasteiger partial charge in [-0.3, -0.25) is 14.0 Å². The van der Waals surface area contributed by atoms with Crippen molar-refractivity contribution in [2.24, 2.45) is 0 Å². The summed E-state index contributed by atoms with van der Waals surface area (Å²) in [6.07, 6.45) is 5.34. The minimum Gasteiger partial charge on any atom is -0.459 e. The number of hydrogen-bond donors (Lipinski definition) is 3. The molecule has 4 aromatic heterocycles. The van der Waals surface area contributed by atoms with E-state index in [0.717, 1.165) is 56.3 Å². The Morgan fingerprint density at radius 1 is 0.977 bits per heavy atom. The SMILES string of the molecule is Nc1nccn2c(C34CCC(NC(=O)c5ccco5)(CC3)C4)nc(-c3ccc(C(=O)Nc4cc(C(F)(F)F)ccn4)cc3)c12. The molecule has 5 aromatic rings. The van der Waals surface area contributed by atoms with Gasteiger partial charge in [0.2, 0.25) is 0 Å². The zero-order valence-corrected chi connectivity index (χ0v) is 23.2. The van der Waals surface area contributed by atoms with Gasteiger partial charge in [0.15, 0.2) is 5.76 Å². The molecule has 0 atom stereocenters. The highest BCUT2D eigenvalue weighted by molar-refractivity contribution is 6.04. The van der Waals surface area contributed by atoms with Crippen molar-refractivity contribution in [2.75, 3.05) is 11.1 Å². The predicted octanol–water partition coefficient (Wildman–Crippen LogP) is 5.62. The van der Waals surface area contributed by atoms with E-state index in [4.69, 9.17) is 15.1 Å². The number of furan rings is 1. The summed E-state index contributed by atoms with van der Waals surface area (Å²) >= 11 is 0. The van der Waals surface area contributed by atoms with E-state index in [0.29, 0.717) is 22.6 Å². The summed E-state index contributed by atoms with van der Waals surface area (Å²) in [6.45, 7) is 0. The molecular weight excluding hydrogens is 575 g/mol. The van der Waals surface area contributed by atoms with Gasteiger partial charge in [0.05, 0.1) is 11.8 Å². The molecule has 0 radical (unpaired) electrons. The number of pyridine rings is 1. The Balaban J connectivity index is 1.17. The number of nitrogens with two attached hydrogens (primary N) is 1. The average molecular weight is 602 g/mol. The molecule has 1 aromatic carbocycles. The van der Waals surface area contributed by atoms with Crippen molar-refractivity contribution in [3.05, 3.63) is 96.1 Å². The van der Waals surface area contributed by atoms with Crippen LogP contribution in [0.15, 0.2) is 77.8 Å². The van der Waals surface area contributed by atoms with Crippen LogP contribution in [0.5, 0.6) is 0 Å². The molecule has 4 heterocycles. The highest BCUT2D eigenvalue weighted by atomic mass is 19.4. The molecule has 0 unspecified atom stereocenters. The number of aromatic nitrogens is 4. The van der Waals surface area contributed by atoms with Crippen molar-refractivity contribution in [1.82, 2.24) is 24.7 Å². The number of halogens is 3. The van der Waals surface area contributed by atoms with Crippen molar-refractivity contribution < 1.29 is 27.2 Å². The fourth-order valence-corrected chi connectivity index (χ4v) is 6.67. The van der Waals surface area contributed by atoms with Crippen LogP contribution in [0.1, 0.15) is 64.4 Å². The molecule has 224 valence electrons. The van der Waals surface area contributed by atoms with Gasteiger partial charge < -0.3 is 20.8 Å². The molecule has 2 aliphatic rings. The smallest absolute Gasteiger partial charge is 0.416 e. The number of nitrogen functional groups attached to an aromatic ring is 1. The molecule has 2 bridgehead atoms. The van der Waals surface area contributed by atoms with Gasteiger partial charge in [-0.05, 0) is 68.5 Å². The number of rotatable bonds is 6. The molecule has 0 spiro atoms. The molecule has 0 aliphatic heterocycles. The first-order valence-corrected chi connectivity index (χ1v) is 14.0. The third-order valence-electron chi connectivity index (χ3n) is 8.77. The number of alkyl halides is 3. The van der Waals surface area contributed by atoms with Crippen LogP contribution < -0.4 is 16.4 Å². The summed E-state index contributed by atoms with van der Waals surface area (Å²) in [5, 5.41) is 5.64. The van der Waals surface area contributed by atoms with Crippen LogP contribution in [0.2, 0.25) is 0 Å². The van der Waals surface area contributed by atoms with Gasteiger partial charge in [0, 0.05) is 40.7 Å². The first-order chi connectivity index (χ1) is 21.1. The molecule has 2 fully saturated rings. The van der Waals surface area contributed by atoms with E-state index in [9.17, 15) is 22.8 Å². The van der Waals surface area contributed by atoms with Gasteiger partial charge in [0.25, 0.3) is 11.8 Å². The predicted molar refractivity (Wildman–Crippen MR) is 154 cm³/mol. The summed E-state index contributed by atoms with van der Waals surface area (Å²) in [6, 6.07) is 11.5. The standard InChI is InChI=1S/C31H26F3N7O3/c32-31(33,34)20-7-12-36-22(16-20)38-26(42)19-5-3-18(4-6-19)23-24-25(35)37-13-14-41(24)28(39-23)29-8-10-30(17-29,11-9-29)40-27(43)21-2-1-15-44-21/h1-7,12-16H,8-11,17H2,(H2,35,37)(H,40,43)(H,36,38,42). The monoisotopic (exact) mass is 601 g/mol. The number of carbonyl (C=O) groups is 2. The summed E-state index contributed by atoms with van der Waals surface area (Å²) in [4.78, 5) is 38.9. The van der Waals surface area contributed by atoms with Crippen LogP contribution >= 0.6 is 0 Å². The third kappa shape index (κ3) is 4.64. The molecular formula is C31H26F3N7O3. The summed E-state index contributed by atoms with van der Waals surface area (Å²) in [7, 11) is 0. The molecule has 13 heteroatoms. The van der Waals surface area contributed by atoms with E-state index < -0.39 is 17.6 Å².